The minimum Gasteiger partial charge on any atom is -0.456 e. The lowest BCUT2D eigenvalue weighted by molar-refractivity contribution is -0.387. The first-order valence-corrected chi connectivity index (χ1v) is 31.8. The number of carbonyl (C=O) groups excluding carboxylic acids is 2. The smallest absolute Gasteiger partial charge is 0.305 e. The zero-order valence-corrected chi connectivity index (χ0v) is 52.1. The Morgan fingerprint density at radius 1 is 0.607 bits per heavy atom. The first-order valence-electron chi connectivity index (χ1n) is 31.8. The molecule has 0 spiro atoms. The second kappa shape index (κ2) is 34.1. The SMILES string of the molecule is COCCN(c1ccc(C2(OC=O)CCC2)cc1NC(=O)Cc1ccc(F)cc1F)C1CCCCC1.COCCNC1CCCCC1.[C-]#[N+]C1(c2ccc(F)c([N+](=O)[O-])c2)CCC1.[C-]#[N+]C1(c2ccc(N(CCOC)C3CCCCC3)c([N+](=O)[O-])c2)CCC1. The topological polar surface area (TPSA) is 197 Å². The van der Waals surface area contributed by atoms with E-state index in [9.17, 15) is 43.0 Å². The van der Waals surface area contributed by atoms with Crippen LogP contribution >= 0.6 is 0 Å². The minimum atomic E-state index is -0.854. The predicted molar refractivity (Wildman–Crippen MR) is 337 cm³/mol. The van der Waals surface area contributed by atoms with Crippen LogP contribution in [0.25, 0.3) is 9.69 Å². The summed E-state index contributed by atoms with van der Waals surface area (Å²) in [7, 11) is 5.08. The highest BCUT2D eigenvalue weighted by atomic mass is 19.1. The number of hydrogen-bond acceptors (Lipinski definition) is 13. The van der Waals surface area contributed by atoms with Crippen LogP contribution in [-0.4, -0.2) is 101 Å². The third-order valence-corrected chi connectivity index (χ3v) is 18.8. The normalized spacial score (nSPS) is 18.2. The molecule has 6 aliphatic carbocycles. The van der Waals surface area contributed by atoms with Gasteiger partial charge in [0.05, 0.1) is 47.5 Å². The van der Waals surface area contributed by atoms with Crippen LogP contribution in [0.1, 0.15) is 176 Å². The molecule has 2 N–H and O–H groups in total. The molecule has 0 saturated heterocycles. The summed E-state index contributed by atoms with van der Waals surface area (Å²) in [6, 6.07) is 19.6. The number of benzene rings is 4. The summed E-state index contributed by atoms with van der Waals surface area (Å²) in [6.45, 7) is 19.4. The second-order valence-electron chi connectivity index (χ2n) is 24.4. The molecule has 89 heavy (non-hydrogen) atoms. The van der Waals surface area contributed by atoms with E-state index in [4.69, 9.17) is 32.1 Å². The van der Waals surface area contributed by atoms with Crippen LogP contribution < -0.4 is 20.4 Å². The van der Waals surface area contributed by atoms with E-state index in [1.807, 2.05) is 30.3 Å². The van der Waals surface area contributed by atoms with Gasteiger partial charge in [-0.05, 0) is 124 Å². The van der Waals surface area contributed by atoms with E-state index in [1.54, 1.807) is 27.4 Å². The summed E-state index contributed by atoms with van der Waals surface area (Å²) in [5.74, 6) is -2.70. The van der Waals surface area contributed by atoms with Crippen molar-refractivity contribution in [2.75, 3.05) is 75.9 Å². The van der Waals surface area contributed by atoms with Gasteiger partial charge >= 0.3 is 5.69 Å². The molecule has 21 heteroatoms. The Hall–Kier alpha value is -7.17. The van der Waals surface area contributed by atoms with Crippen molar-refractivity contribution in [1.82, 2.24) is 5.32 Å². The van der Waals surface area contributed by atoms with Crippen molar-refractivity contribution in [3.8, 4) is 0 Å². The Labute approximate surface area is 522 Å². The van der Waals surface area contributed by atoms with E-state index in [0.717, 1.165) is 138 Å². The molecule has 0 aromatic heterocycles. The van der Waals surface area contributed by atoms with Crippen LogP contribution in [0.15, 0.2) is 72.8 Å². The highest BCUT2D eigenvalue weighted by Gasteiger charge is 2.48. The van der Waals surface area contributed by atoms with Gasteiger partial charge in [0.15, 0.2) is 0 Å². The number of nitro groups is 2. The van der Waals surface area contributed by atoms with Gasteiger partial charge in [-0.3, -0.25) is 29.8 Å². The molecule has 6 saturated carbocycles. The Bertz CT molecular complexity index is 3050. The maximum absolute atomic E-state index is 14.2. The van der Waals surface area contributed by atoms with Gasteiger partial charge < -0.3 is 49.1 Å². The van der Waals surface area contributed by atoms with Crippen molar-refractivity contribution in [1.29, 1.82) is 0 Å². The maximum atomic E-state index is 14.2. The maximum Gasteiger partial charge on any atom is 0.305 e. The predicted octanol–water partition coefficient (Wildman–Crippen LogP) is 14.7. The first kappa shape index (κ1) is 69.3. The van der Waals surface area contributed by atoms with Crippen molar-refractivity contribution in [3.05, 3.63) is 156 Å². The number of methoxy groups -OCH3 is 3. The average molecular weight is 1240 g/mol. The number of amides is 1. The first-order chi connectivity index (χ1) is 43.1. The summed E-state index contributed by atoms with van der Waals surface area (Å²) < 4.78 is 61.8. The number of ether oxygens (including phenoxy) is 4. The van der Waals surface area contributed by atoms with Crippen molar-refractivity contribution in [3.63, 3.8) is 0 Å². The van der Waals surface area contributed by atoms with Gasteiger partial charge in [-0.25, -0.2) is 21.9 Å². The van der Waals surface area contributed by atoms with Crippen molar-refractivity contribution in [2.45, 2.75) is 195 Å². The highest BCUT2D eigenvalue weighted by molar-refractivity contribution is 5.96. The van der Waals surface area contributed by atoms with E-state index in [1.165, 1.54) is 76.0 Å². The lowest BCUT2D eigenvalue weighted by atomic mass is 9.72. The molecule has 0 atom stereocenters. The van der Waals surface area contributed by atoms with Crippen LogP contribution in [0, 0.1) is 50.8 Å². The molecule has 0 aliphatic heterocycles. The van der Waals surface area contributed by atoms with Crippen molar-refractivity contribution >= 4 is 40.8 Å². The molecule has 0 radical (unpaired) electrons. The summed E-state index contributed by atoms with van der Waals surface area (Å²) >= 11 is 0. The van der Waals surface area contributed by atoms with Crippen LogP contribution in [-0.2, 0) is 51.6 Å². The molecule has 4 aromatic carbocycles. The molecule has 18 nitrogen and oxygen atoms in total. The van der Waals surface area contributed by atoms with Gasteiger partial charge in [-0.1, -0.05) is 69.9 Å². The molecule has 4 aromatic rings. The number of carbonyl (C=O) groups is 2. The van der Waals surface area contributed by atoms with E-state index >= 15 is 0 Å². The molecule has 0 bridgehead atoms. The van der Waals surface area contributed by atoms with Gasteiger partial charge in [0.2, 0.25) is 11.7 Å². The zero-order chi connectivity index (χ0) is 63.8. The average Bonchev–Trinajstić information content (AvgIpc) is 1.46. The highest BCUT2D eigenvalue weighted by Crippen LogP contribution is 2.49. The Balaban J connectivity index is 0.000000185. The minimum absolute atomic E-state index is 0.120. The van der Waals surface area contributed by atoms with E-state index < -0.39 is 50.6 Å². The fourth-order valence-corrected chi connectivity index (χ4v) is 13.2. The monoisotopic (exact) mass is 1230 g/mol. The largest absolute Gasteiger partial charge is 0.456 e. The molecule has 6 fully saturated rings. The summed E-state index contributed by atoms with van der Waals surface area (Å²) in [5.41, 5.74) is 2.09. The molecule has 1 amide bonds. The van der Waals surface area contributed by atoms with Gasteiger partial charge in [-0.2, -0.15) is 4.39 Å². The number of anilines is 3. The van der Waals surface area contributed by atoms with Crippen LogP contribution in [0.4, 0.5) is 41.6 Å². The third kappa shape index (κ3) is 18.3. The number of halogens is 3. The lowest BCUT2D eigenvalue weighted by Gasteiger charge is -2.41. The number of nitrogens with zero attached hydrogens (tertiary/aromatic N) is 6. The number of nitro benzene ring substituents is 2. The van der Waals surface area contributed by atoms with E-state index in [2.05, 4.69) is 30.1 Å². The van der Waals surface area contributed by atoms with Gasteiger partial charge in [0.25, 0.3) is 23.2 Å². The second-order valence-corrected chi connectivity index (χ2v) is 24.4. The van der Waals surface area contributed by atoms with Crippen LogP contribution in [0.2, 0.25) is 0 Å². The lowest BCUT2D eigenvalue weighted by Crippen LogP contribution is -2.40. The van der Waals surface area contributed by atoms with Crippen molar-refractivity contribution in [2.24, 2.45) is 0 Å². The van der Waals surface area contributed by atoms with Crippen LogP contribution in [0.5, 0.6) is 0 Å². The fourth-order valence-electron chi connectivity index (χ4n) is 13.2. The molecular weight excluding hydrogens is 1150 g/mol. The molecule has 6 aliphatic rings. The zero-order valence-electron chi connectivity index (χ0n) is 52.1. The fraction of sp³-hybridized carbons (Fsp3) is 0.588. The quantitative estimate of drug-likeness (QED) is 0.0221. The van der Waals surface area contributed by atoms with E-state index in [0.29, 0.717) is 74.6 Å². The van der Waals surface area contributed by atoms with Gasteiger partial charge in [0.1, 0.15) is 22.9 Å². The molecular formula is C68H89F3N8O10. The Morgan fingerprint density at radius 2 is 1.10 bits per heavy atom. The van der Waals surface area contributed by atoms with Gasteiger partial charge in [0, 0.05) is 114 Å². The van der Waals surface area contributed by atoms with Gasteiger partial charge in [-0.15, -0.1) is 0 Å². The summed E-state index contributed by atoms with van der Waals surface area (Å²) in [4.78, 5) is 57.4. The van der Waals surface area contributed by atoms with E-state index in [-0.39, 0.29) is 22.6 Å². The Morgan fingerprint density at radius 3 is 1.57 bits per heavy atom. The molecule has 0 unspecified atom stereocenters. The summed E-state index contributed by atoms with van der Waals surface area (Å²) in [6.07, 6.45) is 25.4. The number of rotatable bonds is 24. The standard InChI is InChI=1S/C28H34F2N2O4.C20H27N3O3.C11H9FN2O2.C9H19NO/c1-35-15-14-32(23-6-3-2-4-7-23)26-11-9-21(28(36-19-33)12-5-13-28)17-25(26)31-27(34)16-20-8-10-22(29)18-24(20)30;1-21-20(11-6-12-20)16-9-10-18(19(15-16)23(24)25)22(13-14-26-2)17-7-4-3-5-8-17;1-13-11(5-2-6-11)8-3-4-9(12)10(7-8)14(15)16;1-11-8-7-10-9-5-3-2-4-6-9/h8-11,17-19,23H,2-7,12-16H2,1H3,(H,31,34);9-10,15,17H,3-8,11-14H2,2H3;3-4,7H,2,5-6H2;9-10H,2-8H2,1H3. The number of hydrogen-bond donors (Lipinski definition) is 2. The molecule has 0 heterocycles. The Kier molecular flexibility index (Phi) is 26.6. The summed E-state index contributed by atoms with van der Waals surface area (Å²) in [5, 5.41) is 28.9. The van der Waals surface area contributed by atoms with Crippen molar-refractivity contribution < 1.29 is 51.6 Å². The molecule has 10 rings (SSSR count). The third-order valence-electron chi connectivity index (χ3n) is 18.8. The number of nitrogens with one attached hydrogen (secondary N) is 2. The van der Waals surface area contributed by atoms with Crippen LogP contribution in [0.3, 0.4) is 0 Å². The molecule has 482 valence electrons.